The molecule has 1 aromatic rings. The van der Waals surface area contributed by atoms with Gasteiger partial charge in [-0.15, -0.1) is 0 Å². The molecule has 0 fully saturated rings. The molecule has 19 heavy (non-hydrogen) atoms. The summed E-state index contributed by atoms with van der Waals surface area (Å²) in [6.07, 6.45) is 1.39. The molecule has 1 amide bonds. The number of benzene rings is 1. The fourth-order valence-corrected chi connectivity index (χ4v) is 1.50. The molecule has 0 unspecified atom stereocenters. The van der Waals surface area contributed by atoms with Gasteiger partial charge in [-0.2, -0.15) is 0 Å². The third kappa shape index (κ3) is 7.81. The largest absolute Gasteiger partial charge is 0.494 e. The molecule has 104 valence electrons. The number of aliphatic carboxylic acids is 1. The van der Waals surface area contributed by atoms with Crippen molar-refractivity contribution in [2.75, 3.05) is 13.2 Å². The van der Waals surface area contributed by atoms with E-state index >= 15 is 0 Å². The van der Waals surface area contributed by atoms with Crippen molar-refractivity contribution in [3.05, 3.63) is 30.3 Å². The van der Waals surface area contributed by atoms with Crippen LogP contribution in [0.25, 0.3) is 0 Å². The molecule has 0 aromatic heterocycles. The number of hydrogen-bond acceptors (Lipinski definition) is 3. The second kappa shape index (κ2) is 8.97. The number of carboxylic acid groups (broad SMARTS) is 1. The monoisotopic (exact) mass is 265 g/mol. The van der Waals surface area contributed by atoms with E-state index < -0.39 is 5.97 Å². The fraction of sp³-hybridized carbons (Fsp3) is 0.429. The molecule has 0 heterocycles. The highest BCUT2D eigenvalue weighted by atomic mass is 16.5. The molecule has 0 saturated heterocycles. The highest BCUT2D eigenvalue weighted by molar-refractivity contribution is 5.76. The van der Waals surface area contributed by atoms with Gasteiger partial charge in [0.1, 0.15) is 5.75 Å². The summed E-state index contributed by atoms with van der Waals surface area (Å²) in [7, 11) is 0. The minimum Gasteiger partial charge on any atom is -0.494 e. The molecule has 1 rings (SSSR count). The lowest BCUT2D eigenvalue weighted by Gasteiger charge is -2.07. The molecule has 0 aliphatic carbocycles. The number of amides is 1. The summed E-state index contributed by atoms with van der Waals surface area (Å²) in [4.78, 5) is 21.6. The Labute approximate surface area is 112 Å². The van der Waals surface area contributed by atoms with Gasteiger partial charge in [-0.25, -0.2) is 0 Å². The molecular weight excluding hydrogens is 246 g/mol. The van der Waals surface area contributed by atoms with E-state index in [1.54, 1.807) is 0 Å². The summed E-state index contributed by atoms with van der Waals surface area (Å²) in [6.45, 7) is 1.08. The van der Waals surface area contributed by atoms with E-state index in [0.717, 1.165) is 12.2 Å². The Bertz CT molecular complexity index is 392. The van der Waals surface area contributed by atoms with E-state index in [0.29, 0.717) is 19.6 Å². The first kappa shape index (κ1) is 15.0. The normalized spacial score (nSPS) is 9.89. The molecule has 0 saturated carbocycles. The zero-order chi connectivity index (χ0) is 13.9. The lowest BCUT2D eigenvalue weighted by molar-refractivity contribution is -0.137. The van der Waals surface area contributed by atoms with Gasteiger partial charge in [0.05, 0.1) is 6.61 Å². The van der Waals surface area contributed by atoms with Crippen LogP contribution in [-0.4, -0.2) is 30.1 Å². The summed E-state index contributed by atoms with van der Waals surface area (Å²) in [5, 5.41) is 11.2. The quantitative estimate of drug-likeness (QED) is 0.668. The summed E-state index contributed by atoms with van der Waals surface area (Å²) in [6, 6.07) is 9.48. The van der Waals surface area contributed by atoms with Gasteiger partial charge in [0, 0.05) is 19.4 Å². The maximum Gasteiger partial charge on any atom is 0.303 e. The van der Waals surface area contributed by atoms with Crippen LogP contribution >= 0.6 is 0 Å². The van der Waals surface area contributed by atoms with Crippen molar-refractivity contribution >= 4 is 11.9 Å². The van der Waals surface area contributed by atoms with Crippen LogP contribution in [0.5, 0.6) is 5.75 Å². The number of carbonyl (C=O) groups excluding carboxylic acids is 1. The van der Waals surface area contributed by atoms with Crippen molar-refractivity contribution < 1.29 is 19.4 Å². The van der Waals surface area contributed by atoms with Gasteiger partial charge in [-0.05, 0) is 25.0 Å². The molecule has 0 aliphatic rings. The molecule has 0 atom stereocenters. The minimum atomic E-state index is -0.871. The Balaban J connectivity index is 1.98. The van der Waals surface area contributed by atoms with Gasteiger partial charge in [-0.3, -0.25) is 9.59 Å². The van der Waals surface area contributed by atoms with Crippen molar-refractivity contribution in [2.45, 2.75) is 25.7 Å². The standard InChI is InChI=1S/C14H19NO4/c16-13(8-4-9-14(17)18)15-10-5-11-19-12-6-2-1-3-7-12/h1-3,6-7H,4-5,8-11H2,(H,15,16)(H,17,18). The lowest BCUT2D eigenvalue weighted by atomic mass is 10.2. The lowest BCUT2D eigenvalue weighted by Crippen LogP contribution is -2.25. The third-order valence-corrected chi connectivity index (χ3v) is 2.45. The van der Waals surface area contributed by atoms with Crippen LogP contribution in [0, 0.1) is 0 Å². The van der Waals surface area contributed by atoms with Crippen molar-refractivity contribution in [3.63, 3.8) is 0 Å². The predicted molar refractivity (Wildman–Crippen MR) is 71.1 cm³/mol. The second-order valence-corrected chi connectivity index (χ2v) is 4.11. The average molecular weight is 265 g/mol. The molecule has 5 heteroatoms. The molecule has 0 bridgehead atoms. The first-order valence-electron chi connectivity index (χ1n) is 6.35. The summed E-state index contributed by atoms with van der Waals surface area (Å²) < 4.78 is 5.47. The minimum absolute atomic E-state index is 0.0323. The molecule has 0 spiro atoms. The van der Waals surface area contributed by atoms with Crippen molar-refractivity contribution in [1.82, 2.24) is 5.32 Å². The maximum atomic E-state index is 11.3. The summed E-state index contributed by atoms with van der Waals surface area (Å²) >= 11 is 0. The summed E-state index contributed by atoms with van der Waals surface area (Å²) in [5.41, 5.74) is 0. The Morgan fingerprint density at radius 3 is 2.53 bits per heavy atom. The van der Waals surface area contributed by atoms with E-state index in [1.807, 2.05) is 30.3 Å². The first-order valence-corrected chi connectivity index (χ1v) is 6.35. The predicted octanol–water partition coefficient (Wildman–Crippen LogP) is 1.83. The van der Waals surface area contributed by atoms with Crippen molar-refractivity contribution in [1.29, 1.82) is 0 Å². The van der Waals surface area contributed by atoms with Gasteiger partial charge in [0.15, 0.2) is 0 Å². The number of carboxylic acids is 1. The van der Waals surface area contributed by atoms with Crippen LogP contribution in [0.3, 0.4) is 0 Å². The summed E-state index contributed by atoms with van der Waals surface area (Å²) in [5.74, 6) is -0.166. The number of ether oxygens (including phenoxy) is 1. The Morgan fingerprint density at radius 1 is 1.11 bits per heavy atom. The van der Waals surface area contributed by atoms with E-state index in [4.69, 9.17) is 9.84 Å². The number of rotatable bonds is 9. The Kier molecular flexibility index (Phi) is 7.09. The fourth-order valence-electron chi connectivity index (χ4n) is 1.50. The van der Waals surface area contributed by atoms with Crippen molar-refractivity contribution in [2.24, 2.45) is 0 Å². The molecule has 2 N–H and O–H groups in total. The van der Waals surface area contributed by atoms with Gasteiger partial charge in [0.2, 0.25) is 5.91 Å². The van der Waals surface area contributed by atoms with E-state index in [1.165, 1.54) is 0 Å². The van der Waals surface area contributed by atoms with E-state index in [2.05, 4.69) is 5.32 Å². The topological polar surface area (TPSA) is 75.6 Å². The Hall–Kier alpha value is -2.04. The number of nitrogens with one attached hydrogen (secondary N) is 1. The van der Waals surface area contributed by atoms with E-state index in [-0.39, 0.29) is 18.7 Å². The van der Waals surface area contributed by atoms with Gasteiger partial charge >= 0.3 is 5.97 Å². The van der Waals surface area contributed by atoms with Crippen LogP contribution in [0.1, 0.15) is 25.7 Å². The van der Waals surface area contributed by atoms with Crippen LogP contribution < -0.4 is 10.1 Å². The first-order chi connectivity index (χ1) is 9.18. The number of para-hydroxylation sites is 1. The Morgan fingerprint density at radius 2 is 1.84 bits per heavy atom. The van der Waals surface area contributed by atoms with Crippen LogP contribution in [-0.2, 0) is 9.59 Å². The molecular formula is C14H19NO4. The average Bonchev–Trinajstić information content (AvgIpc) is 2.39. The highest BCUT2D eigenvalue weighted by Gasteiger charge is 2.03. The number of hydrogen-bond donors (Lipinski definition) is 2. The molecule has 1 aromatic carbocycles. The number of carbonyl (C=O) groups is 2. The van der Waals surface area contributed by atoms with Crippen molar-refractivity contribution in [3.8, 4) is 5.75 Å². The van der Waals surface area contributed by atoms with Gasteiger partial charge in [-0.1, -0.05) is 18.2 Å². The van der Waals surface area contributed by atoms with Crippen LogP contribution in [0.15, 0.2) is 30.3 Å². The second-order valence-electron chi connectivity index (χ2n) is 4.11. The smallest absolute Gasteiger partial charge is 0.303 e. The maximum absolute atomic E-state index is 11.3. The van der Waals surface area contributed by atoms with Crippen LogP contribution in [0.4, 0.5) is 0 Å². The van der Waals surface area contributed by atoms with Gasteiger partial charge in [0.25, 0.3) is 0 Å². The van der Waals surface area contributed by atoms with Crippen LogP contribution in [0.2, 0.25) is 0 Å². The molecule has 0 radical (unpaired) electrons. The highest BCUT2D eigenvalue weighted by Crippen LogP contribution is 2.08. The van der Waals surface area contributed by atoms with E-state index in [9.17, 15) is 9.59 Å². The third-order valence-electron chi connectivity index (χ3n) is 2.45. The molecule has 5 nitrogen and oxygen atoms in total. The zero-order valence-corrected chi connectivity index (χ0v) is 10.8. The molecule has 0 aliphatic heterocycles. The SMILES string of the molecule is O=C(O)CCCC(=O)NCCCOc1ccccc1. The van der Waals surface area contributed by atoms with Gasteiger partial charge < -0.3 is 15.2 Å². The zero-order valence-electron chi connectivity index (χ0n) is 10.8.